The Labute approximate surface area is 138 Å². The van der Waals surface area contributed by atoms with Crippen LogP contribution in [-0.2, 0) is 12.8 Å². The maximum atomic E-state index is 5.45. The van der Waals surface area contributed by atoms with E-state index in [1.54, 1.807) is 14.2 Å². The minimum Gasteiger partial charge on any atom is -0.493 e. The molecule has 0 amide bonds. The van der Waals surface area contributed by atoms with Crippen molar-refractivity contribution in [2.75, 3.05) is 27.8 Å². The summed E-state index contributed by atoms with van der Waals surface area (Å²) in [7, 11) is 5.58. The second kappa shape index (κ2) is 6.63. The van der Waals surface area contributed by atoms with Gasteiger partial charge in [-0.1, -0.05) is 24.3 Å². The van der Waals surface area contributed by atoms with Crippen LogP contribution in [0.5, 0.6) is 11.5 Å². The van der Waals surface area contributed by atoms with E-state index in [-0.39, 0.29) is 0 Å². The molecule has 0 bridgehead atoms. The first-order valence-corrected chi connectivity index (χ1v) is 8.13. The van der Waals surface area contributed by atoms with Crippen LogP contribution in [0.15, 0.2) is 36.4 Å². The lowest BCUT2D eigenvalue weighted by Crippen LogP contribution is -2.34. The molecule has 1 atom stereocenters. The molecule has 0 radical (unpaired) electrons. The molecule has 2 aromatic rings. The van der Waals surface area contributed by atoms with Crippen molar-refractivity contribution in [1.29, 1.82) is 0 Å². The van der Waals surface area contributed by atoms with Crippen molar-refractivity contribution >= 4 is 0 Å². The molecule has 3 rings (SSSR count). The second-order valence-electron chi connectivity index (χ2n) is 6.29. The molecule has 0 spiro atoms. The molecule has 2 aromatic carbocycles. The topological polar surface area (TPSA) is 21.7 Å². The standard InChI is InChI=1S/C20H25NO2/c1-14-6-5-7-16-10-11-21(2)17(20(14)16)12-15-8-9-18(22-3)19(13-15)23-4/h5-9,13,17H,10-12H2,1-4H3. The van der Waals surface area contributed by atoms with E-state index in [4.69, 9.17) is 9.47 Å². The number of nitrogens with zero attached hydrogens (tertiary/aromatic N) is 1. The van der Waals surface area contributed by atoms with Gasteiger partial charge in [0.2, 0.25) is 0 Å². The Kier molecular flexibility index (Phi) is 4.58. The summed E-state index contributed by atoms with van der Waals surface area (Å²) in [5.74, 6) is 1.58. The molecule has 3 heteroatoms. The van der Waals surface area contributed by atoms with Crippen molar-refractivity contribution in [3.8, 4) is 11.5 Å². The van der Waals surface area contributed by atoms with Crippen molar-refractivity contribution in [2.45, 2.75) is 25.8 Å². The molecule has 1 heterocycles. The van der Waals surface area contributed by atoms with Gasteiger partial charge in [-0.05, 0) is 61.2 Å². The number of methoxy groups -OCH3 is 2. The number of hydrogen-bond acceptors (Lipinski definition) is 3. The van der Waals surface area contributed by atoms with Crippen molar-refractivity contribution in [1.82, 2.24) is 4.90 Å². The van der Waals surface area contributed by atoms with Gasteiger partial charge < -0.3 is 9.47 Å². The lowest BCUT2D eigenvalue weighted by molar-refractivity contribution is 0.228. The Morgan fingerprint density at radius 1 is 1.09 bits per heavy atom. The Bertz CT molecular complexity index is 696. The smallest absolute Gasteiger partial charge is 0.160 e. The summed E-state index contributed by atoms with van der Waals surface area (Å²) in [6.45, 7) is 3.33. The van der Waals surface area contributed by atoms with Gasteiger partial charge in [0.15, 0.2) is 11.5 Å². The van der Waals surface area contributed by atoms with Crippen molar-refractivity contribution in [3.63, 3.8) is 0 Å². The molecule has 1 unspecified atom stereocenters. The Hall–Kier alpha value is -2.00. The third-order valence-corrected chi connectivity index (χ3v) is 4.89. The predicted molar refractivity (Wildman–Crippen MR) is 93.5 cm³/mol. The molecule has 0 saturated carbocycles. The monoisotopic (exact) mass is 311 g/mol. The Morgan fingerprint density at radius 2 is 1.87 bits per heavy atom. The number of ether oxygens (including phenoxy) is 2. The average Bonchev–Trinajstić information content (AvgIpc) is 2.57. The molecular weight excluding hydrogens is 286 g/mol. The van der Waals surface area contributed by atoms with Crippen molar-refractivity contribution in [2.24, 2.45) is 0 Å². The summed E-state index contributed by atoms with van der Waals surface area (Å²) in [4.78, 5) is 2.46. The van der Waals surface area contributed by atoms with E-state index in [1.807, 2.05) is 6.07 Å². The Morgan fingerprint density at radius 3 is 2.61 bits per heavy atom. The number of likely N-dealkylation sites (N-methyl/N-ethyl adjacent to an activating group) is 1. The molecule has 0 saturated heterocycles. The highest BCUT2D eigenvalue weighted by Crippen LogP contribution is 2.35. The van der Waals surface area contributed by atoms with E-state index in [9.17, 15) is 0 Å². The second-order valence-corrected chi connectivity index (χ2v) is 6.29. The van der Waals surface area contributed by atoms with Crippen LogP contribution in [0, 0.1) is 6.92 Å². The first-order valence-electron chi connectivity index (χ1n) is 8.13. The molecule has 1 aliphatic rings. The molecule has 122 valence electrons. The number of benzene rings is 2. The summed E-state index contributed by atoms with van der Waals surface area (Å²) < 4.78 is 10.8. The fraction of sp³-hybridized carbons (Fsp3) is 0.400. The summed E-state index contributed by atoms with van der Waals surface area (Å²) in [5.41, 5.74) is 5.65. The summed E-state index contributed by atoms with van der Waals surface area (Å²) in [5, 5.41) is 0. The zero-order valence-corrected chi connectivity index (χ0v) is 14.4. The van der Waals surface area contributed by atoms with E-state index in [0.29, 0.717) is 6.04 Å². The number of rotatable bonds is 4. The van der Waals surface area contributed by atoms with Crippen LogP contribution in [0.1, 0.15) is 28.3 Å². The lowest BCUT2D eigenvalue weighted by Gasteiger charge is -2.36. The van der Waals surface area contributed by atoms with E-state index in [0.717, 1.165) is 30.9 Å². The normalized spacial score (nSPS) is 17.7. The number of aryl methyl sites for hydroxylation is 1. The van der Waals surface area contributed by atoms with Crippen LogP contribution < -0.4 is 9.47 Å². The van der Waals surface area contributed by atoms with Crippen molar-refractivity contribution in [3.05, 3.63) is 58.7 Å². The third kappa shape index (κ3) is 3.06. The summed E-state index contributed by atoms with van der Waals surface area (Å²) in [6, 6.07) is 13.3. The summed E-state index contributed by atoms with van der Waals surface area (Å²) in [6.07, 6.45) is 2.12. The van der Waals surface area contributed by atoms with Crippen LogP contribution in [0.2, 0.25) is 0 Å². The zero-order chi connectivity index (χ0) is 16.4. The molecule has 0 aliphatic carbocycles. The molecule has 23 heavy (non-hydrogen) atoms. The Balaban J connectivity index is 1.94. The third-order valence-electron chi connectivity index (χ3n) is 4.89. The van der Waals surface area contributed by atoms with Crippen LogP contribution in [0.3, 0.4) is 0 Å². The molecule has 0 fully saturated rings. The van der Waals surface area contributed by atoms with Gasteiger partial charge in [-0.15, -0.1) is 0 Å². The predicted octanol–water partition coefficient (Wildman–Crippen LogP) is 3.78. The SMILES string of the molecule is COc1ccc(CC2c3c(C)cccc3CCN2C)cc1OC. The van der Waals surface area contributed by atoms with E-state index < -0.39 is 0 Å². The van der Waals surface area contributed by atoms with Gasteiger partial charge in [0, 0.05) is 12.6 Å². The van der Waals surface area contributed by atoms with E-state index in [1.165, 1.54) is 22.3 Å². The van der Waals surface area contributed by atoms with Gasteiger partial charge in [0.25, 0.3) is 0 Å². The van der Waals surface area contributed by atoms with Gasteiger partial charge in [0.1, 0.15) is 0 Å². The van der Waals surface area contributed by atoms with Crippen molar-refractivity contribution < 1.29 is 9.47 Å². The van der Waals surface area contributed by atoms with Crippen LogP contribution >= 0.6 is 0 Å². The first kappa shape index (κ1) is 15.9. The zero-order valence-electron chi connectivity index (χ0n) is 14.4. The average molecular weight is 311 g/mol. The summed E-state index contributed by atoms with van der Waals surface area (Å²) >= 11 is 0. The number of fused-ring (bicyclic) bond motifs is 1. The number of hydrogen-bond donors (Lipinski definition) is 0. The first-order chi connectivity index (χ1) is 11.1. The van der Waals surface area contributed by atoms with Crippen LogP contribution in [-0.4, -0.2) is 32.7 Å². The van der Waals surface area contributed by atoms with Gasteiger partial charge >= 0.3 is 0 Å². The molecule has 0 aromatic heterocycles. The van der Waals surface area contributed by atoms with Crippen LogP contribution in [0.4, 0.5) is 0 Å². The minimum atomic E-state index is 0.415. The molecule has 3 nitrogen and oxygen atoms in total. The molecule has 1 aliphatic heterocycles. The van der Waals surface area contributed by atoms with Crippen LogP contribution in [0.25, 0.3) is 0 Å². The highest BCUT2D eigenvalue weighted by atomic mass is 16.5. The van der Waals surface area contributed by atoms with Gasteiger partial charge in [-0.2, -0.15) is 0 Å². The van der Waals surface area contributed by atoms with E-state index in [2.05, 4.69) is 49.2 Å². The van der Waals surface area contributed by atoms with Gasteiger partial charge in [0.05, 0.1) is 14.2 Å². The fourth-order valence-corrected chi connectivity index (χ4v) is 3.60. The molecule has 0 N–H and O–H groups in total. The maximum Gasteiger partial charge on any atom is 0.160 e. The van der Waals surface area contributed by atoms with Gasteiger partial charge in [-0.3, -0.25) is 4.90 Å². The minimum absolute atomic E-state index is 0.415. The highest BCUT2D eigenvalue weighted by molar-refractivity contribution is 5.45. The largest absolute Gasteiger partial charge is 0.493 e. The van der Waals surface area contributed by atoms with E-state index >= 15 is 0 Å². The fourth-order valence-electron chi connectivity index (χ4n) is 3.60. The quantitative estimate of drug-likeness (QED) is 0.857. The lowest BCUT2D eigenvalue weighted by atomic mass is 9.86. The highest BCUT2D eigenvalue weighted by Gasteiger charge is 2.26. The van der Waals surface area contributed by atoms with Gasteiger partial charge in [-0.25, -0.2) is 0 Å². The molecular formula is C20H25NO2. The maximum absolute atomic E-state index is 5.45.